The molecule has 1 atom stereocenters. The average molecular weight is 290 g/mol. The fraction of sp³-hybridized carbons (Fsp3) is 0.500. The minimum absolute atomic E-state index is 0.292. The molecule has 0 aliphatic rings. The van der Waals surface area contributed by atoms with Gasteiger partial charge in [0, 0.05) is 5.25 Å². The molecule has 0 heterocycles. The quantitative estimate of drug-likeness (QED) is 0.672. The summed E-state index contributed by atoms with van der Waals surface area (Å²) in [4.78, 5) is 0. The standard InChI is InChI=1S/C12H19O2PS2/c1-4-13-15(16,14-5-2)17-11(3)12-9-7-6-8-10-12/h6-11H,4-5H2,1-3H3. The third kappa shape index (κ3) is 5.11. The van der Waals surface area contributed by atoms with E-state index in [0.29, 0.717) is 18.5 Å². The molecule has 1 aromatic rings. The summed E-state index contributed by atoms with van der Waals surface area (Å²) >= 11 is 7.14. The molecule has 0 aliphatic heterocycles. The second kappa shape index (κ2) is 7.55. The molecular weight excluding hydrogens is 271 g/mol. The van der Waals surface area contributed by atoms with Gasteiger partial charge in [-0.3, -0.25) is 0 Å². The molecule has 0 saturated carbocycles. The lowest BCUT2D eigenvalue weighted by atomic mass is 10.2. The van der Waals surface area contributed by atoms with Gasteiger partial charge < -0.3 is 9.05 Å². The molecule has 96 valence electrons. The maximum atomic E-state index is 5.63. The van der Waals surface area contributed by atoms with Crippen molar-refractivity contribution in [2.75, 3.05) is 13.2 Å². The first kappa shape index (κ1) is 15.2. The Bertz CT molecular complexity index is 360. The summed E-state index contributed by atoms with van der Waals surface area (Å²) in [5.74, 6) is 0. The van der Waals surface area contributed by atoms with Crippen molar-refractivity contribution in [3.05, 3.63) is 35.9 Å². The smallest absolute Gasteiger partial charge is 0.247 e. The predicted octanol–water partition coefficient (Wildman–Crippen LogP) is 4.78. The van der Waals surface area contributed by atoms with Gasteiger partial charge in [0.15, 0.2) is 0 Å². The Morgan fingerprint density at radius 1 is 1.18 bits per heavy atom. The molecule has 0 amide bonds. The molecule has 17 heavy (non-hydrogen) atoms. The van der Waals surface area contributed by atoms with E-state index in [1.165, 1.54) is 5.56 Å². The van der Waals surface area contributed by atoms with Gasteiger partial charge in [-0.2, -0.15) is 0 Å². The van der Waals surface area contributed by atoms with Crippen LogP contribution in [-0.4, -0.2) is 13.2 Å². The van der Waals surface area contributed by atoms with Crippen LogP contribution in [0, 0.1) is 0 Å². The van der Waals surface area contributed by atoms with Gasteiger partial charge in [0.1, 0.15) is 0 Å². The number of hydrogen-bond acceptors (Lipinski definition) is 4. The van der Waals surface area contributed by atoms with Crippen LogP contribution >= 0.6 is 17.1 Å². The Balaban J connectivity index is 2.71. The summed E-state index contributed by atoms with van der Waals surface area (Å²) in [6, 6.07) is 10.3. The third-order valence-electron chi connectivity index (χ3n) is 2.13. The summed E-state index contributed by atoms with van der Waals surface area (Å²) in [6.45, 7) is 7.25. The number of benzene rings is 1. The van der Waals surface area contributed by atoms with E-state index in [1.54, 1.807) is 11.4 Å². The molecule has 0 fully saturated rings. The molecule has 0 aromatic heterocycles. The molecule has 2 nitrogen and oxygen atoms in total. The first-order chi connectivity index (χ1) is 8.11. The van der Waals surface area contributed by atoms with E-state index < -0.39 is 5.69 Å². The number of rotatable bonds is 7. The topological polar surface area (TPSA) is 18.5 Å². The lowest BCUT2D eigenvalue weighted by molar-refractivity contribution is 0.280. The van der Waals surface area contributed by atoms with Crippen LogP contribution in [0.4, 0.5) is 0 Å². The molecule has 0 bridgehead atoms. The predicted molar refractivity (Wildman–Crippen MR) is 80.0 cm³/mol. The Morgan fingerprint density at radius 3 is 2.18 bits per heavy atom. The van der Waals surface area contributed by atoms with Crippen molar-refractivity contribution in [2.45, 2.75) is 26.0 Å². The van der Waals surface area contributed by atoms with Crippen LogP contribution in [0.25, 0.3) is 0 Å². The first-order valence-corrected chi connectivity index (χ1v) is 9.86. The van der Waals surface area contributed by atoms with Crippen molar-refractivity contribution in [2.24, 2.45) is 0 Å². The highest BCUT2D eigenvalue weighted by molar-refractivity contribution is 8.67. The highest BCUT2D eigenvalue weighted by Crippen LogP contribution is 2.65. The highest BCUT2D eigenvalue weighted by Gasteiger charge is 2.23. The Hall–Kier alpha value is 0.140. The van der Waals surface area contributed by atoms with Gasteiger partial charge in [0.25, 0.3) is 0 Å². The van der Waals surface area contributed by atoms with E-state index in [4.69, 9.17) is 20.9 Å². The van der Waals surface area contributed by atoms with Crippen molar-refractivity contribution >= 4 is 28.9 Å². The normalized spacial score (nSPS) is 13.6. The van der Waals surface area contributed by atoms with Gasteiger partial charge in [0.05, 0.1) is 13.2 Å². The molecule has 1 unspecified atom stereocenters. The first-order valence-electron chi connectivity index (χ1n) is 5.73. The monoisotopic (exact) mass is 290 g/mol. The Labute approximate surface area is 113 Å². The van der Waals surface area contributed by atoms with E-state index in [9.17, 15) is 0 Å². The lowest BCUT2D eigenvalue weighted by Crippen LogP contribution is -1.95. The molecule has 0 spiro atoms. The van der Waals surface area contributed by atoms with Crippen LogP contribution in [0.15, 0.2) is 30.3 Å². The van der Waals surface area contributed by atoms with Crippen molar-refractivity contribution in [3.63, 3.8) is 0 Å². The molecule has 1 rings (SSSR count). The fourth-order valence-corrected chi connectivity index (χ4v) is 7.21. The van der Waals surface area contributed by atoms with Gasteiger partial charge in [-0.05, 0) is 38.1 Å². The second-order valence-corrected chi connectivity index (χ2v) is 9.98. The van der Waals surface area contributed by atoms with E-state index in [1.807, 2.05) is 32.0 Å². The largest absolute Gasteiger partial charge is 0.322 e. The summed E-state index contributed by atoms with van der Waals surface area (Å²) in [5, 5.41) is 0.292. The summed E-state index contributed by atoms with van der Waals surface area (Å²) in [5.41, 5.74) is -0.935. The van der Waals surface area contributed by atoms with Crippen LogP contribution < -0.4 is 0 Å². The van der Waals surface area contributed by atoms with E-state index >= 15 is 0 Å². The molecule has 0 aliphatic carbocycles. The van der Waals surface area contributed by atoms with Crippen molar-refractivity contribution in [3.8, 4) is 0 Å². The maximum absolute atomic E-state index is 5.63. The van der Waals surface area contributed by atoms with Gasteiger partial charge >= 0.3 is 0 Å². The Morgan fingerprint density at radius 2 is 1.71 bits per heavy atom. The van der Waals surface area contributed by atoms with Crippen LogP contribution in [0.1, 0.15) is 31.6 Å². The van der Waals surface area contributed by atoms with Gasteiger partial charge in [-0.15, -0.1) is 0 Å². The highest BCUT2D eigenvalue weighted by atomic mass is 32.9. The van der Waals surface area contributed by atoms with Crippen LogP contribution in [-0.2, 0) is 20.9 Å². The van der Waals surface area contributed by atoms with Crippen LogP contribution in [0.3, 0.4) is 0 Å². The molecular formula is C12H19O2PS2. The molecule has 0 saturated heterocycles. The van der Waals surface area contributed by atoms with Crippen LogP contribution in [0.2, 0.25) is 0 Å². The number of hydrogen-bond donors (Lipinski definition) is 0. The SMILES string of the molecule is CCOP(=S)(OCC)SC(C)c1ccccc1. The minimum Gasteiger partial charge on any atom is -0.322 e. The molecule has 0 N–H and O–H groups in total. The fourth-order valence-electron chi connectivity index (χ4n) is 1.39. The van der Waals surface area contributed by atoms with Gasteiger partial charge in [-0.1, -0.05) is 41.7 Å². The lowest BCUT2D eigenvalue weighted by Gasteiger charge is -2.23. The average Bonchev–Trinajstić information content (AvgIpc) is 2.30. The second-order valence-electron chi connectivity index (χ2n) is 3.44. The maximum Gasteiger partial charge on any atom is 0.247 e. The molecule has 0 radical (unpaired) electrons. The van der Waals surface area contributed by atoms with Crippen LogP contribution in [0.5, 0.6) is 0 Å². The van der Waals surface area contributed by atoms with Gasteiger partial charge in [0.2, 0.25) is 5.69 Å². The van der Waals surface area contributed by atoms with Gasteiger partial charge in [-0.25, -0.2) is 0 Å². The third-order valence-corrected chi connectivity index (χ3v) is 7.89. The summed E-state index contributed by atoms with van der Waals surface area (Å²) in [7, 11) is 0. The van der Waals surface area contributed by atoms with E-state index in [-0.39, 0.29) is 0 Å². The molecule has 5 heteroatoms. The Kier molecular flexibility index (Phi) is 6.75. The van der Waals surface area contributed by atoms with Crippen molar-refractivity contribution in [1.82, 2.24) is 0 Å². The van der Waals surface area contributed by atoms with Crippen molar-refractivity contribution in [1.29, 1.82) is 0 Å². The van der Waals surface area contributed by atoms with E-state index in [2.05, 4.69) is 19.1 Å². The zero-order valence-electron chi connectivity index (χ0n) is 10.5. The zero-order valence-corrected chi connectivity index (χ0v) is 13.0. The molecule has 1 aromatic carbocycles. The minimum atomic E-state index is -2.19. The zero-order chi connectivity index (χ0) is 12.7. The summed E-state index contributed by atoms with van der Waals surface area (Å²) in [6.07, 6.45) is 0. The van der Waals surface area contributed by atoms with E-state index in [0.717, 1.165) is 0 Å². The van der Waals surface area contributed by atoms with Crippen molar-refractivity contribution < 1.29 is 9.05 Å². The summed E-state index contributed by atoms with van der Waals surface area (Å²) < 4.78 is 11.3.